The predicted molar refractivity (Wildman–Crippen MR) is 80.7 cm³/mol. The average Bonchev–Trinajstić information content (AvgIpc) is 3.25. The summed E-state index contributed by atoms with van der Waals surface area (Å²) >= 11 is 0. The molecule has 0 spiro atoms. The summed E-state index contributed by atoms with van der Waals surface area (Å²) in [4.78, 5) is 12.5. The minimum Gasteiger partial charge on any atom is -0.376 e. The fourth-order valence-electron chi connectivity index (χ4n) is 2.84. The van der Waals surface area contributed by atoms with Crippen molar-refractivity contribution in [3.8, 4) is 11.8 Å². The largest absolute Gasteiger partial charge is 0.376 e. The Morgan fingerprint density at radius 2 is 2.14 bits per heavy atom. The summed E-state index contributed by atoms with van der Waals surface area (Å²) in [7, 11) is 0. The van der Waals surface area contributed by atoms with Crippen LogP contribution in [0.3, 0.4) is 0 Å². The van der Waals surface area contributed by atoms with Gasteiger partial charge in [0.15, 0.2) is 0 Å². The molecule has 2 aliphatic rings. The van der Waals surface area contributed by atoms with Crippen LogP contribution < -0.4 is 11.1 Å². The number of carbonyl (C=O) groups is 1. The summed E-state index contributed by atoms with van der Waals surface area (Å²) in [5.41, 5.74) is 6.74. The van der Waals surface area contributed by atoms with Gasteiger partial charge in [-0.25, -0.2) is 0 Å². The van der Waals surface area contributed by atoms with E-state index < -0.39 is 0 Å². The van der Waals surface area contributed by atoms with Gasteiger partial charge in [-0.2, -0.15) is 0 Å². The van der Waals surface area contributed by atoms with Gasteiger partial charge in [-0.1, -0.05) is 24.0 Å². The summed E-state index contributed by atoms with van der Waals surface area (Å²) in [5, 5.41) is 3.12. The normalized spacial score (nSPS) is 24.2. The van der Waals surface area contributed by atoms with E-state index in [2.05, 4.69) is 17.2 Å². The summed E-state index contributed by atoms with van der Waals surface area (Å²) in [5.74, 6) is 6.32. The molecule has 0 aromatic heterocycles. The smallest absolute Gasteiger partial charge is 0.252 e. The molecule has 2 fully saturated rings. The first kappa shape index (κ1) is 14.1. The Hall–Kier alpha value is -1.83. The molecule has 1 amide bonds. The second-order valence-corrected chi connectivity index (χ2v) is 5.59. The Balaban J connectivity index is 1.73. The van der Waals surface area contributed by atoms with Gasteiger partial charge in [0.05, 0.1) is 24.3 Å². The number of rotatable bonds is 3. The van der Waals surface area contributed by atoms with Crippen LogP contribution in [0.4, 0.5) is 0 Å². The molecule has 1 heterocycles. The number of nitrogens with one attached hydrogen (secondary N) is 1. The number of nitrogens with two attached hydrogens (primary N) is 1. The summed E-state index contributed by atoms with van der Waals surface area (Å²) in [6, 6.07) is 7.51. The quantitative estimate of drug-likeness (QED) is 0.822. The third kappa shape index (κ3) is 3.26. The summed E-state index contributed by atoms with van der Waals surface area (Å²) < 4.78 is 5.76. The average molecular weight is 284 g/mol. The van der Waals surface area contributed by atoms with Crippen LogP contribution in [0.25, 0.3) is 0 Å². The van der Waals surface area contributed by atoms with Crippen LogP contribution in [0.2, 0.25) is 0 Å². The number of hydrogen-bond donors (Lipinski definition) is 2. The molecule has 4 heteroatoms. The molecule has 3 rings (SSSR count). The highest BCUT2D eigenvalue weighted by Gasteiger charge is 2.41. The summed E-state index contributed by atoms with van der Waals surface area (Å²) in [6.45, 7) is 1.02. The molecule has 2 unspecified atom stereocenters. The van der Waals surface area contributed by atoms with Crippen LogP contribution >= 0.6 is 0 Å². The van der Waals surface area contributed by atoms with Gasteiger partial charge < -0.3 is 15.8 Å². The minimum absolute atomic E-state index is 0.0712. The topological polar surface area (TPSA) is 64.4 Å². The molecule has 0 bridgehead atoms. The van der Waals surface area contributed by atoms with E-state index >= 15 is 0 Å². The zero-order valence-corrected chi connectivity index (χ0v) is 12.0. The molecule has 1 saturated carbocycles. The Bertz CT molecular complexity index is 584. The van der Waals surface area contributed by atoms with Crippen LogP contribution in [0, 0.1) is 17.8 Å². The number of benzene rings is 1. The highest BCUT2D eigenvalue weighted by Crippen LogP contribution is 2.38. The van der Waals surface area contributed by atoms with Gasteiger partial charge in [0.25, 0.3) is 5.91 Å². The van der Waals surface area contributed by atoms with Crippen molar-refractivity contribution in [3.05, 3.63) is 35.4 Å². The zero-order chi connectivity index (χ0) is 14.7. The van der Waals surface area contributed by atoms with E-state index in [-0.39, 0.29) is 24.6 Å². The van der Waals surface area contributed by atoms with Gasteiger partial charge in [-0.05, 0) is 37.3 Å². The second kappa shape index (κ2) is 6.30. The fourth-order valence-corrected chi connectivity index (χ4v) is 2.84. The number of ether oxygens (including phenoxy) is 1. The third-order valence-electron chi connectivity index (χ3n) is 4.04. The Morgan fingerprint density at radius 1 is 1.33 bits per heavy atom. The van der Waals surface area contributed by atoms with E-state index in [1.807, 2.05) is 18.2 Å². The lowest BCUT2D eigenvalue weighted by molar-refractivity contribution is 0.0729. The van der Waals surface area contributed by atoms with Crippen molar-refractivity contribution in [2.75, 3.05) is 13.2 Å². The van der Waals surface area contributed by atoms with Crippen molar-refractivity contribution in [1.82, 2.24) is 5.32 Å². The van der Waals surface area contributed by atoms with Crippen molar-refractivity contribution < 1.29 is 9.53 Å². The Morgan fingerprint density at radius 3 is 2.90 bits per heavy atom. The molecular formula is C17H20N2O2. The first-order valence-electron chi connectivity index (χ1n) is 7.50. The van der Waals surface area contributed by atoms with Crippen molar-refractivity contribution in [2.45, 2.75) is 31.4 Å². The molecular weight excluding hydrogens is 264 g/mol. The van der Waals surface area contributed by atoms with E-state index in [0.717, 1.165) is 18.6 Å². The standard InChI is InChI=1S/C17H20N2O2/c18-10-3-5-12-4-1-2-6-14(12)17(20)19-15-9-11-21-16(15)13-7-8-13/h1-2,4,6,13,15-16H,7-11,18H2,(H,19,20). The van der Waals surface area contributed by atoms with Crippen LogP contribution in [-0.4, -0.2) is 31.2 Å². The maximum absolute atomic E-state index is 12.5. The lowest BCUT2D eigenvalue weighted by atomic mass is 10.0. The highest BCUT2D eigenvalue weighted by molar-refractivity contribution is 5.97. The SMILES string of the molecule is NCC#Cc1ccccc1C(=O)NC1CCOC1C1CC1. The number of hydrogen-bond acceptors (Lipinski definition) is 3. The van der Waals surface area contributed by atoms with Gasteiger partial charge >= 0.3 is 0 Å². The molecule has 1 saturated heterocycles. The van der Waals surface area contributed by atoms with Crippen molar-refractivity contribution in [1.29, 1.82) is 0 Å². The molecule has 2 atom stereocenters. The molecule has 3 N–H and O–H groups in total. The first-order chi connectivity index (χ1) is 10.3. The highest BCUT2D eigenvalue weighted by atomic mass is 16.5. The number of amides is 1. The van der Waals surface area contributed by atoms with Crippen LogP contribution in [0.1, 0.15) is 35.2 Å². The maximum Gasteiger partial charge on any atom is 0.252 e. The van der Waals surface area contributed by atoms with Crippen molar-refractivity contribution in [3.63, 3.8) is 0 Å². The monoisotopic (exact) mass is 284 g/mol. The maximum atomic E-state index is 12.5. The predicted octanol–water partition coefficient (Wildman–Crippen LogP) is 1.29. The van der Waals surface area contributed by atoms with Crippen molar-refractivity contribution >= 4 is 5.91 Å². The van der Waals surface area contributed by atoms with Crippen LogP contribution in [0.5, 0.6) is 0 Å². The Labute approximate surface area is 125 Å². The molecule has 1 aliphatic heterocycles. The van der Waals surface area contributed by atoms with E-state index in [4.69, 9.17) is 10.5 Å². The molecule has 4 nitrogen and oxygen atoms in total. The molecule has 1 aliphatic carbocycles. The molecule has 21 heavy (non-hydrogen) atoms. The second-order valence-electron chi connectivity index (χ2n) is 5.59. The van der Waals surface area contributed by atoms with E-state index in [9.17, 15) is 4.79 Å². The van der Waals surface area contributed by atoms with Crippen molar-refractivity contribution in [2.24, 2.45) is 11.7 Å². The van der Waals surface area contributed by atoms with E-state index in [0.29, 0.717) is 11.5 Å². The minimum atomic E-state index is -0.0712. The first-order valence-corrected chi connectivity index (χ1v) is 7.50. The van der Waals surface area contributed by atoms with Gasteiger partial charge in [0.2, 0.25) is 0 Å². The molecule has 1 aromatic carbocycles. The molecule has 0 radical (unpaired) electrons. The summed E-state index contributed by atoms with van der Waals surface area (Å²) in [6.07, 6.45) is 3.52. The molecule has 110 valence electrons. The van der Waals surface area contributed by atoms with Crippen LogP contribution in [-0.2, 0) is 4.74 Å². The lowest BCUT2D eigenvalue weighted by Gasteiger charge is -2.19. The van der Waals surface area contributed by atoms with Gasteiger partial charge in [0.1, 0.15) is 0 Å². The third-order valence-corrected chi connectivity index (χ3v) is 4.04. The van der Waals surface area contributed by atoms with Crippen LogP contribution in [0.15, 0.2) is 24.3 Å². The fraction of sp³-hybridized carbons (Fsp3) is 0.471. The van der Waals surface area contributed by atoms with Gasteiger partial charge in [-0.15, -0.1) is 0 Å². The van der Waals surface area contributed by atoms with Gasteiger partial charge in [0, 0.05) is 12.2 Å². The lowest BCUT2D eigenvalue weighted by Crippen LogP contribution is -2.41. The molecule has 1 aromatic rings. The van der Waals surface area contributed by atoms with E-state index in [1.54, 1.807) is 6.07 Å². The number of carbonyl (C=O) groups excluding carboxylic acids is 1. The Kier molecular flexibility index (Phi) is 4.23. The zero-order valence-electron chi connectivity index (χ0n) is 12.0. The van der Waals surface area contributed by atoms with Gasteiger partial charge in [-0.3, -0.25) is 4.79 Å². The van der Waals surface area contributed by atoms with E-state index in [1.165, 1.54) is 12.8 Å².